The Hall–Kier alpha value is -5.57. The summed E-state index contributed by atoms with van der Waals surface area (Å²) in [6.07, 6.45) is 1.38. The molecule has 14 heteroatoms. The van der Waals surface area contributed by atoms with Gasteiger partial charge in [-0.3, -0.25) is 9.25 Å². The van der Waals surface area contributed by atoms with Crippen LogP contribution < -0.4 is 20.1 Å². The maximum absolute atomic E-state index is 12.0. The topological polar surface area (TPSA) is 161 Å². The lowest BCUT2D eigenvalue weighted by molar-refractivity contribution is -0.140. The Balaban J connectivity index is 1.13. The number of morpholine rings is 1. The van der Waals surface area contributed by atoms with E-state index >= 15 is 0 Å². The second-order valence-electron chi connectivity index (χ2n) is 12.6. The van der Waals surface area contributed by atoms with Crippen LogP contribution in [0.25, 0.3) is 33.4 Å². The number of rotatable bonds is 10. The van der Waals surface area contributed by atoms with E-state index < -0.39 is 24.0 Å². The lowest BCUT2D eigenvalue weighted by Gasteiger charge is -2.36. The number of nitrogens with zero attached hydrogens (tertiary/aromatic N) is 8. The number of methoxy groups -OCH3 is 2. The molecular weight excluding hydrogens is 638 g/mol. The van der Waals surface area contributed by atoms with Gasteiger partial charge in [0.2, 0.25) is 5.95 Å². The first-order chi connectivity index (χ1) is 24.3. The summed E-state index contributed by atoms with van der Waals surface area (Å²) in [7, 11) is 5.15. The van der Waals surface area contributed by atoms with E-state index in [1.54, 1.807) is 29.8 Å². The fraction of sp³-hybridized carbons (Fsp3) is 0.306. The highest BCUT2D eigenvalue weighted by Crippen LogP contribution is 2.49. The maximum Gasteiger partial charge on any atom is 0.245 e. The molecule has 0 aliphatic carbocycles. The van der Waals surface area contributed by atoms with Crippen LogP contribution in [0.3, 0.4) is 0 Å². The van der Waals surface area contributed by atoms with Crippen molar-refractivity contribution in [2.75, 3.05) is 38.0 Å². The van der Waals surface area contributed by atoms with Crippen LogP contribution in [-0.2, 0) is 23.1 Å². The van der Waals surface area contributed by atoms with Crippen molar-refractivity contribution >= 4 is 22.9 Å². The summed E-state index contributed by atoms with van der Waals surface area (Å²) in [5, 5.41) is 16.6. The molecular formula is C36H37N9O5. The van der Waals surface area contributed by atoms with Crippen molar-refractivity contribution in [3.05, 3.63) is 90.8 Å². The number of fused-ring (bicyclic) bond motifs is 3. The third-order valence-corrected chi connectivity index (χ3v) is 9.73. The van der Waals surface area contributed by atoms with Gasteiger partial charge in [-0.15, -0.1) is 5.10 Å². The fourth-order valence-electron chi connectivity index (χ4n) is 7.07. The molecule has 0 radical (unpaired) electrons. The lowest BCUT2D eigenvalue weighted by Crippen LogP contribution is -2.49. The van der Waals surface area contributed by atoms with Gasteiger partial charge in [-0.05, 0) is 59.0 Å². The molecule has 2 bridgehead atoms. The van der Waals surface area contributed by atoms with Gasteiger partial charge in [-0.1, -0.05) is 42.5 Å². The van der Waals surface area contributed by atoms with Crippen molar-refractivity contribution in [2.45, 2.75) is 37.5 Å². The fourth-order valence-corrected chi connectivity index (χ4v) is 7.07. The first-order valence-corrected chi connectivity index (χ1v) is 16.2. The van der Waals surface area contributed by atoms with E-state index in [1.807, 2.05) is 73.5 Å². The van der Waals surface area contributed by atoms with Crippen molar-refractivity contribution in [3.8, 4) is 33.8 Å². The maximum atomic E-state index is 12.0. The molecule has 2 aliphatic heterocycles. The van der Waals surface area contributed by atoms with E-state index in [0.717, 1.165) is 45.1 Å². The molecule has 256 valence electrons. The Bertz CT molecular complexity index is 2150. The second-order valence-corrected chi connectivity index (χ2v) is 12.6. The molecule has 5 heterocycles. The standard InChI is InChI=1S/C36H37N9O5/c1-21-41-35(42-43(21)2)44-17-36(31(46)30(44)34(50-36)45-20-40-29-32(37)38-19-39-33(29)45)18-49-16-24-6-5-7-27(22-8-12-25(47-3)13-9-22)28(24)23-10-14-26(48-4)15-11-23/h5-15,19-20,30-31,34,46H,16-18H2,1-4H3,(H2,37,38,39). The molecule has 4 atom stereocenters. The van der Waals surface area contributed by atoms with Crippen molar-refractivity contribution < 1.29 is 24.1 Å². The summed E-state index contributed by atoms with van der Waals surface area (Å²) < 4.78 is 27.6. The molecule has 0 saturated carbocycles. The summed E-state index contributed by atoms with van der Waals surface area (Å²) in [5.41, 5.74) is 11.1. The van der Waals surface area contributed by atoms with Crippen molar-refractivity contribution in [3.63, 3.8) is 0 Å². The van der Waals surface area contributed by atoms with Gasteiger partial charge in [0.15, 0.2) is 17.7 Å². The third-order valence-electron chi connectivity index (χ3n) is 9.73. The molecule has 8 rings (SSSR count). The SMILES string of the molecule is COc1ccc(-c2cccc(COCC34CN(c5nc(C)n(C)n5)C(C(n5cnc6c(N)ncnc65)O3)C4O)c2-c2ccc(OC)cc2)cc1. The predicted octanol–water partition coefficient (Wildman–Crippen LogP) is 3.93. The van der Waals surface area contributed by atoms with E-state index in [1.165, 1.54) is 6.33 Å². The molecule has 3 aromatic carbocycles. The Kier molecular flexibility index (Phi) is 7.85. The van der Waals surface area contributed by atoms with E-state index in [-0.39, 0.29) is 19.0 Å². The normalized spacial score (nSPS) is 21.3. The van der Waals surface area contributed by atoms with Crippen LogP contribution in [0, 0.1) is 6.92 Å². The number of benzene rings is 3. The third kappa shape index (κ3) is 5.19. The molecule has 14 nitrogen and oxygen atoms in total. The monoisotopic (exact) mass is 675 g/mol. The molecule has 50 heavy (non-hydrogen) atoms. The summed E-state index contributed by atoms with van der Waals surface area (Å²) in [6.45, 7) is 2.57. The van der Waals surface area contributed by atoms with Crippen LogP contribution in [-0.4, -0.2) is 84.5 Å². The Morgan fingerprint density at radius 3 is 2.36 bits per heavy atom. The van der Waals surface area contributed by atoms with Gasteiger partial charge in [0.1, 0.15) is 46.9 Å². The van der Waals surface area contributed by atoms with E-state index in [0.29, 0.717) is 23.7 Å². The highest BCUT2D eigenvalue weighted by atomic mass is 16.6. The van der Waals surface area contributed by atoms with E-state index in [9.17, 15) is 5.11 Å². The van der Waals surface area contributed by atoms with Crippen LogP contribution in [0.2, 0.25) is 0 Å². The zero-order chi connectivity index (χ0) is 34.6. The molecule has 2 fully saturated rings. The van der Waals surface area contributed by atoms with Crippen LogP contribution in [0.15, 0.2) is 79.4 Å². The van der Waals surface area contributed by atoms with Crippen LogP contribution in [0.5, 0.6) is 11.5 Å². The number of nitrogens with two attached hydrogens (primary N) is 1. The number of aliphatic hydroxyl groups excluding tert-OH is 1. The first kappa shape index (κ1) is 31.7. The number of hydrogen-bond donors (Lipinski definition) is 2. The van der Waals surface area contributed by atoms with Crippen LogP contribution in [0.4, 0.5) is 11.8 Å². The minimum Gasteiger partial charge on any atom is -0.497 e. The summed E-state index contributed by atoms with van der Waals surface area (Å²) >= 11 is 0. The summed E-state index contributed by atoms with van der Waals surface area (Å²) in [6, 6.07) is 21.6. The minimum atomic E-state index is -1.11. The molecule has 0 amide bonds. The number of aryl methyl sites for hydroxylation is 2. The van der Waals surface area contributed by atoms with E-state index in [4.69, 9.17) is 24.7 Å². The van der Waals surface area contributed by atoms with Gasteiger partial charge >= 0.3 is 0 Å². The largest absolute Gasteiger partial charge is 0.497 e. The highest BCUT2D eigenvalue weighted by Gasteiger charge is 2.65. The molecule has 3 aromatic heterocycles. The quantitative estimate of drug-likeness (QED) is 0.216. The molecule has 6 aromatic rings. The number of hydrogen-bond acceptors (Lipinski definition) is 12. The molecule has 0 spiro atoms. The lowest BCUT2D eigenvalue weighted by atomic mass is 9.90. The van der Waals surface area contributed by atoms with E-state index in [2.05, 4.69) is 37.2 Å². The zero-order valence-electron chi connectivity index (χ0n) is 28.1. The molecule has 2 aliphatic rings. The van der Waals surface area contributed by atoms with Gasteiger partial charge in [0.25, 0.3) is 0 Å². The Labute approximate surface area is 288 Å². The number of ether oxygens (including phenoxy) is 4. The van der Waals surface area contributed by atoms with Crippen molar-refractivity contribution in [1.29, 1.82) is 0 Å². The number of aliphatic hydroxyl groups is 1. The number of imidazole rings is 1. The average Bonchev–Trinajstić information content (AvgIpc) is 3.87. The van der Waals surface area contributed by atoms with Gasteiger partial charge in [-0.2, -0.15) is 4.98 Å². The van der Waals surface area contributed by atoms with Gasteiger partial charge < -0.3 is 34.7 Å². The number of nitrogen functional groups attached to an aromatic ring is 1. The molecule has 3 N–H and O–H groups in total. The molecule has 2 saturated heterocycles. The Morgan fingerprint density at radius 1 is 0.960 bits per heavy atom. The molecule has 4 unspecified atom stereocenters. The van der Waals surface area contributed by atoms with Crippen LogP contribution in [0.1, 0.15) is 17.6 Å². The van der Waals surface area contributed by atoms with Gasteiger partial charge in [-0.25, -0.2) is 15.0 Å². The predicted molar refractivity (Wildman–Crippen MR) is 186 cm³/mol. The summed E-state index contributed by atoms with van der Waals surface area (Å²) in [5.74, 6) is 3.06. The second kappa shape index (κ2) is 12.4. The first-order valence-electron chi connectivity index (χ1n) is 16.2. The summed E-state index contributed by atoms with van der Waals surface area (Å²) in [4.78, 5) is 19.6. The smallest absolute Gasteiger partial charge is 0.245 e. The van der Waals surface area contributed by atoms with Gasteiger partial charge in [0.05, 0.1) is 40.3 Å². The van der Waals surface area contributed by atoms with Crippen LogP contribution >= 0.6 is 0 Å². The average molecular weight is 676 g/mol. The Morgan fingerprint density at radius 2 is 1.68 bits per heavy atom. The number of aromatic nitrogens is 7. The van der Waals surface area contributed by atoms with Gasteiger partial charge in [0, 0.05) is 7.05 Å². The zero-order valence-corrected chi connectivity index (χ0v) is 28.1. The van der Waals surface area contributed by atoms with Crippen molar-refractivity contribution in [2.24, 2.45) is 7.05 Å². The van der Waals surface area contributed by atoms with Crippen molar-refractivity contribution in [1.82, 2.24) is 34.3 Å². The number of anilines is 2. The highest BCUT2D eigenvalue weighted by molar-refractivity contribution is 5.86. The minimum absolute atomic E-state index is 0.0993.